The number of benzene rings is 2. The van der Waals surface area contributed by atoms with Crippen LogP contribution in [0.5, 0.6) is 0 Å². The van der Waals surface area contributed by atoms with Crippen molar-refractivity contribution in [1.82, 2.24) is 4.90 Å². The molecule has 1 aliphatic carbocycles. The fourth-order valence-electron chi connectivity index (χ4n) is 3.82. The Morgan fingerprint density at radius 3 is 1.71 bits per heavy atom. The zero-order valence-corrected chi connectivity index (χ0v) is 14.1. The molecular weight excluding hydrogens is 364 g/mol. The lowest BCUT2D eigenvalue weighted by Gasteiger charge is -2.29. The molecule has 3 heterocycles. The molecule has 3 aliphatic heterocycles. The summed E-state index contributed by atoms with van der Waals surface area (Å²) in [6, 6.07) is 15.9. The molecule has 0 saturated heterocycles. The average Bonchev–Trinajstić information content (AvgIpc) is 3.01. The lowest BCUT2D eigenvalue weighted by molar-refractivity contribution is 0.730. The molecule has 2 aromatic carbocycles. The monoisotopic (exact) mass is 373 g/mol. The van der Waals surface area contributed by atoms with E-state index in [9.17, 15) is 8.78 Å². The molecule has 0 fully saturated rings. The van der Waals surface area contributed by atoms with Gasteiger partial charge >= 0.3 is 12.2 Å². The molecule has 7 nitrogen and oxygen atoms in total. The minimum atomic E-state index is -1.05. The van der Waals surface area contributed by atoms with E-state index in [2.05, 4.69) is 30.0 Å². The van der Waals surface area contributed by atoms with Crippen molar-refractivity contribution in [2.24, 2.45) is 30.0 Å². The maximum Gasteiger partial charge on any atom is 0.315 e. The first-order valence-corrected chi connectivity index (χ1v) is 8.50. The first kappa shape index (κ1) is 15.2. The molecule has 9 heteroatoms. The summed E-state index contributed by atoms with van der Waals surface area (Å²) in [5.74, 6) is -0.223. The van der Waals surface area contributed by atoms with Gasteiger partial charge in [-0.1, -0.05) is 48.5 Å². The van der Waals surface area contributed by atoms with Crippen LogP contribution < -0.4 is 0 Å². The van der Waals surface area contributed by atoms with Gasteiger partial charge in [0, 0.05) is 0 Å². The third kappa shape index (κ3) is 2.01. The third-order valence-electron chi connectivity index (χ3n) is 4.89. The van der Waals surface area contributed by atoms with Crippen molar-refractivity contribution < 1.29 is 8.78 Å². The van der Waals surface area contributed by atoms with E-state index in [4.69, 9.17) is 0 Å². The number of guanidine groups is 3. The Kier molecular flexibility index (Phi) is 2.89. The minimum absolute atomic E-state index is 0.0237. The molecule has 134 valence electrons. The van der Waals surface area contributed by atoms with Crippen LogP contribution in [0.25, 0.3) is 11.1 Å². The van der Waals surface area contributed by atoms with Crippen LogP contribution >= 0.6 is 0 Å². The Morgan fingerprint density at radius 2 is 1.11 bits per heavy atom. The Morgan fingerprint density at radius 1 is 0.607 bits per heavy atom. The second kappa shape index (κ2) is 5.32. The van der Waals surface area contributed by atoms with E-state index < -0.39 is 12.2 Å². The number of hydrogen-bond acceptors (Lipinski definition) is 7. The number of halogens is 2. The molecule has 0 spiro atoms. The van der Waals surface area contributed by atoms with Crippen LogP contribution in [-0.4, -0.2) is 40.8 Å². The van der Waals surface area contributed by atoms with E-state index in [1.54, 1.807) is 0 Å². The molecule has 0 atom stereocenters. The highest BCUT2D eigenvalue weighted by atomic mass is 19.1. The molecule has 0 radical (unpaired) electrons. The maximum atomic E-state index is 13.8. The largest absolute Gasteiger partial charge is 0.315 e. The fourth-order valence-corrected chi connectivity index (χ4v) is 3.82. The lowest BCUT2D eigenvalue weighted by atomic mass is 9.95. The Hall–Kier alpha value is -3.88. The van der Waals surface area contributed by atoms with Crippen molar-refractivity contribution >= 4 is 35.9 Å². The summed E-state index contributed by atoms with van der Waals surface area (Å²) < 4.78 is 27.7. The standard InChI is InChI=1S/C19H9F2N7/c20-15-24-17-22-14(23-18-25-16(21)27-19(26-15)28(17)18)13-11-7-3-1-5-9(11)10-6-2-4-8-12(10)13/h1-8,13H. The van der Waals surface area contributed by atoms with Crippen LogP contribution in [-0.2, 0) is 0 Å². The SMILES string of the molecule is FC1=NC2=NC(F)=NC3=NC(C4c5ccccc5-c5ccccc54)=NC(=N1)N23. The molecule has 0 amide bonds. The van der Waals surface area contributed by atoms with Crippen molar-refractivity contribution in [3.05, 3.63) is 59.7 Å². The average molecular weight is 373 g/mol. The van der Waals surface area contributed by atoms with Crippen LogP contribution in [0.15, 0.2) is 78.5 Å². The summed E-state index contributed by atoms with van der Waals surface area (Å²) in [6.07, 6.45) is -2.09. The predicted molar refractivity (Wildman–Crippen MR) is 102 cm³/mol. The Balaban J connectivity index is 1.58. The van der Waals surface area contributed by atoms with Gasteiger partial charge in [0.05, 0.1) is 5.92 Å². The smallest absolute Gasteiger partial charge is 0.212 e. The summed E-state index contributed by atoms with van der Waals surface area (Å²) in [5, 5.41) is 0. The van der Waals surface area contributed by atoms with E-state index in [-0.39, 0.29) is 23.8 Å². The molecular formula is C19H9F2N7. The maximum absolute atomic E-state index is 13.8. The van der Waals surface area contributed by atoms with E-state index in [1.807, 2.05) is 48.5 Å². The van der Waals surface area contributed by atoms with Crippen molar-refractivity contribution in [3.63, 3.8) is 0 Å². The zero-order valence-electron chi connectivity index (χ0n) is 14.1. The normalized spacial score (nSPS) is 19.4. The summed E-state index contributed by atoms with van der Waals surface area (Å²) in [5.41, 5.74) is 4.18. The molecule has 0 bridgehead atoms. The van der Waals surface area contributed by atoms with Gasteiger partial charge in [0.1, 0.15) is 5.84 Å². The summed E-state index contributed by atoms with van der Waals surface area (Å²) in [6.45, 7) is 0. The van der Waals surface area contributed by atoms with Gasteiger partial charge in [0.15, 0.2) is 0 Å². The van der Waals surface area contributed by atoms with Gasteiger partial charge in [-0.15, -0.1) is 0 Å². The van der Waals surface area contributed by atoms with E-state index in [0.717, 1.165) is 22.3 Å². The Bertz CT molecular complexity index is 1200. The van der Waals surface area contributed by atoms with Gasteiger partial charge in [-0.25, -0.2) is 4.90 Å². The van der Waals surface area contributed by atoms with Gasteiger partial charge in [-0.05, 0) is 22.3 Å². The predicted octanol–water partition coefficient (Wildman–Crippen LogP) is 3.26. The topological polar surface area (TPSA) is 77.4 Å². The number of hydrogen-bond donors (Lipinski definition) is 0. The minimum Gasteiger partial charge on any atom is -0.212 e. The summed E-state index contributed by atoms with van der Waals surface area (Å²) in [7, 11) is 0. The second-order valence-electron chi connectivity index (χ2n) is 6.41. The van der Waals surface area contributed by atoms with Gasteiger partial charge in [0.2, 0.25) is 17.9 Å². The van der Waals surface area contributed by atoms with E-state index in [1.165, 1.54) is 4.90 Å². The van der Waals surface area contributed by atoms with Crippen LogP contribution in [0.2, 0.25) is 0 Å². The summed E-state index contributed by atoms with van der Waals surface area (Å²) in [4.78, 5) is 24.6. The number of nitrogens with zero attached hydrogens (tertiary/aromatic N) is 7. The van der Waals surface area contributed by atoms with Gasteiger partial charge in [0.25, 0.3) is 0 Å². The van der Waals surface area contributed by atoms with Crippen molar-refractivity contribution in [2.75, 3.05) is 0 Å². The number of aliphatic imine (C=N–C) groups is 6. The zero-order chi connectivity index (χ0) is 18.8. The fraction of sp³-hybridized carbons (Fsp3) is 0.0526. The van der Waals surface area contributed by atoms with E-state index in [0.29, 0.717) is 5.84 Å². The Labute approximate surface area is 156 Å². The van der Waals surface area contributed by atoms with Crippen LogP contribution in [0.4, 0.5) is 8.78 Å². The number of amidine groups is 3. The van der Waals surface area contributed by atoms with Gasteiger partial charge < -0.3 is 0 Å². The molecule has 0 saturated carbocycles. The first-order chi connectivity index (χ1) is 13.7. The van der Waals surface area contributed by atoms with Crippen LogP contribution in [0.1, 0.15) is 17.0 Å². The first-order valence-electron chi connectivity index (χ1n) is 8.50. The van der Waals surface area contributed by atoms with Crippen LogP contribution in [0.3, 0.4) is 0 Å². The third-order valence-corrected chi connectivity index (χ3v) is 4.89. The van der Waals surface area contributed by atoms with Crippen molar-refractivity contribution in [3.8, 4) is 11.1 Å². The molecule has 0 N–H and O–H groups in total. The summed E-state index contributed by atoms with van der Waals surface area (Å²) >= 11 is 0. The number of fused-ring (bicyclic) bond motifs is 3. The highest BCUT2D eigenvalue weighted by Crippen LogP contribution is 2.45. The van der Waals surface area contributed by atoms with Crippen molar-refractivity contribution in [1.29, 1.82) is 0 Å². The van der Waals surface area contributed by atoms with Gasteiger partial charge in [-0.2, -0.15) is 38.7 Å². The van der Waals surface area contributed by atoms with Gasteiger partial charge in [-0.3, -0.25) is 0 Å². The molecule has 2 aromatic rings. The molecule has 6 rings (SSSR count). The van der Waals surface area contributed by atoms with Crippen molar-refractivity contribution in [2.45, 2.75) is 5.92 Å². The quantitative estimate of drug-likeness (QED) is 0.707. The second-order valence-corrected chi connectivity index (χ2v) is 6.41. The number of rotatable bonds is 1. The lowest BCUT2D eigenvalue weighted by Crippen LogP contribution is -2.47. The molecule has 28 heavy (non-hydrogen) atoms. The molecule has 0 aromatic heterocycles. The van der Waals surface area contributed by atoms with Crippen LogP contribution in [0, 0.1) is 0 Å². The highest BCUT2D eigenvalue weighted by Gasteiger charge is 2.39. The highest BCUT2D eigenvalue weighted by molar-refractivity contribution is 6.30. The molecule has 0 unspecified atom stereocenters. The van der Waals surface area contributed by atoms with E-state index >= 15 is 0 Å². The molecule has 4 aliphatic rings.